The van der Waals surface area contributed by atoms with E-state index < -0.39 is 0 Å². The molecule has 2 aromatic heterocycles. The van der Waals surface area contributed by atoms with Gasteiger partial charge in [0, 0.05) is 0 Å². The second-order valence-corrected chi connectivity index (χ2v) is 2.24. The molecule has 0 aliphatic rings. The molecule has 0 spiro atoms. The third-order valence-electron chi connectivity index (χ3n) is 1.44. The summed E-state index contributed by atoms with van der Waals surface area (Å²) in [5.74, 6) is 6.73. The first kappa shape index (κ1) is 6.92. The maximum absolute atomic E-state index is 5.14. The van der Waals surface area contributed by atoms with Gasteiger partial charge in [-0.15, -0.1) is 10.2 Å². The predicted octanol–water partition coefficient (Wildman–Crippen LogP) is -0.887. The van der Waals surface area contributed by atoms with Crippen molar-refractivity contribution in [1.82, 2.24) is 24.8 Å². The fraction of sp³-hybridized carbons (Fsp3) is 0.200. The van der Waals surface area contributed by atoms with Gasteiger partial charge in [0.25, 0.3) is 5.78 Å². The van der Waals surface area contributed by atoms with Crippen LogP contribution in [0.25, 0.3) is 5.78 Å². The molecule has 12 heavy (non-hydrogen) atoms. The van der Waals surface area contributed by atoms with Gasteiger partial charge in [-0.25, -0.2) is 5.84 Å². The molecule has 0 radical (unpaired) electrons. The van der Waals surface area contributed by atoms with E-state index >= 15 is 0 Å². The van der Waals surface area contributed by atoms with Gasteiger partial charge in [0.15, 0.2) is 11.6 Å². The number of aryl methyl sites for hydroxylation is 1. The Balaban J connectivity index is 2.69. The van der Waals surface area contributed by atoms with Crippen LogP contribution in [0.5, 0.6) is 0 Å². The first-order valence-corrected chi connectivity index (χ1v) is 3.33. The zero-order valence-electron chi connectivity index (χ0n) is 6.39. The Bertz CT molecular complexity index is 405. The van der Waals surface area contributed by atoms with Crippen molar-refractivity contribution in [3.63, 3.8) is 0 Å². The zero-order chi connectivity index (χ0) is 8.55. The number of hydrogen-bond acceptors (Lipinski definition) is 6. The van der Waals surface area contributed by atoms with Crippen LogP contribution in [0.15, 0.2) is 6.20 Å². The normalized spacial score (nSPS) is 10.5. The smallest absolute Gasteiger partial charge is 0.273 e. The highest BCUT2D eigenvalue weighted by Crippen LogP contribution is 2.00. The van der Waals surface area contributed by atoms with Crippen LogP contribution in [-0.4, -0.2) is 24.8 Å². The average molecular weight is 165 g/mol. The van der Waals surface area contributed by atoms with Crippen LogP contribution in [0.3, 0.4) is 0 Å². The van der Waals surface area contributed by atoms with Crippen molar-refractivity contribution < 1.29 is 0 Å². The molecule has 2 rings (SSSR count). The quantitative estimate of drug-likeness (QED) is 0.420. The molecule has 0 atom stereocenters. The molecule has 0 saturated heterocycles. The summed E-state index contributed by atoms with van der Waals surface area (Å²) in [7, 11) is 0. The summed E-state index contributed by atoms with van der Waals surface area (Å²) in [6.07, 6.45) is 1.50. The molecule has 2 aromatic rings. The molecule has 0 fully saturated rings. The number of rotatable bonds is 1. The number of aromatic nitrogens is 5. The number of nitrogens with one attached hydrogen (secondary N) is 1. The lowest BCUT2D eigenvalue weighted by Crippen LogP contribution is -2.10. The molecular formula is C5H7N7. The molecule has 0 saturated carbocycles. The van der Waals surface area contributed by atoms with Crippen LogP contribution < -0.4 is 11.3 Å². The highest BCUT2D eigenvalue weighted by atomic mass is 15.4. The molecule has 62 valence electrons. The van der Waals surface area contributed by atoms with Gasteiger partial charge in [0.05, 0.1) is 6.20 Å². The molecule has 0 bridgehead atoms. The largest absolute Gasteiger partial charge is 0.307 e. The van der Waals surface area contributed by atoms with E-state index in [0.29, 0.717) is 17.4 Å². The summed E-state index contributed by atoms with van der Waals surface area (Å²) in [5.41, 5.74) is 2.37. The fourth-order valence-corrected chi connectivity index (χ4v) is 0.870. The van der Waals surface area contributed by atoms with E-state index in [4.69, 9.17) is 5.84 Å². The number of fused-ring (bicyclic) bond motifs is 1. The minimum absolute atomic E-state index is 0.433. The lowest BCUT2D eigenvalue weighted by atomic mass is 10.7. The van der Waals surface area contributed by atoms with Gasteiger partial charge in [-0.2, -0.15) is 14.6 Å². The molecule has 0 aliphatic carbocycles. The molecule has 2 heterocycles. The van der Waals surface area contributed by atoms with Crippen LogP contribution in [0.2, 0.25) is 0 Å². The Morgan fingerprint density at radius 1 is 1.50 bits per heavy atom. The maximum Gasteiger partial charge on any atom is 0.273 e. The third kappa shape index (κ3) is 0.873. The van der Waals surface area contributed by atoms with Gasteiger partial charge < -0.3 is 5.43 Å². The molecule has 0 unspecified atom stereocenters. The Morgan fingerprint density at radius 2 is 2.33 bits per heavy atom. The van der Waals surface area contributed by atoms with Gasteiger partial charge in [0.2, 0.25) is 0 Å². The molecule has 0 aliphatic heterocycles. The van der Waals surface area contributed by atoms with Crippen molar-refractivity contribution in [3.8, 4) is 0 Å². The summed E-state index contributed by atoms with van der Waals surface area (Å²) < 4.78 is 1.53. The highest BCUT2D eigenvalue weighted by Gasteiger charge is 2.02. The Morgan fingerprint density at radius 3 is 3.08 bits per heavy atom. The molecule has 0 aromatic carbocycles. The number of anilines is 1. The summed E-state index contributed by atoms with van der Waals surface area (Å²) in [6.45, 7) is 1.80. The lowest BCUT2D eigenvalue weighted by molar-refractivity contribution is 0.857. The monoisotopic (exact) mass is 165 g/mol. The molecular weight excluding hydrogens is 158 g/mol. The minimum Gasteiger partial charge on any atom is -0.307 e. The Labute approximate surface area is 67.6 Å². The molecule has 7 nitrogen and oxygen atoms in total. The van der Waals surface area contributed by atoms with Crippen LogP contribution in [-0.2, 0) is 0 Å². The van der Waals surface area contributed by atoms with Crippen molar-refractivity contribution in [2.45, 2.75) is 6.92 Å². The third-order valence-corrected chi connectivity index (χ3v) is 1.44. The molecule has 0 amide bonds. The number of nitrogens with zero attached hydrogens (tertiary/aromatic N) is 5. The van der Waals surface area contributed by atoms with E-state index in [9.17, 15) is 0 Å². The van der Waals surface area contributed by atoms with Crippen molar-refractivity contribution in [3.05, 3.63) is 12.0 Å². The first-order valence-electron chi connectivity index (χ1n) is 3.33. The molecule has 3 N–H and O–H groups in total. The van der Waals surface area contributed by atoms with Crippen LogP contribution in [0.1, 0.15) is 5.82 Å². The highest BCUT2D eigenvalue weighted by molar-refractivity contribution is 5.37. The summed E-state index contributed by atoms with van der Waals surface area (Å²) in [4.78, 5) is 4.01. The van der Waals surface area contributed by atoms with Crippen molar-refractivity contribution in [2.75, 3.05) is 5.43 Å². The van der Waals surface area contributed by atoms with Crippen LogP contribution in [0.4, 0.5) is 5.82 Å². The topological polar surface area (TPSA) is 94.0 Å². The van der Waals surface area contributed by atoms with Crippen LogP contribution >= 0.6 is 0 Å². The molecule has 7 heteroatoms. The van der Waals surface area contributed by atoms with Crippen LogP contribution in [0, 0.1) is 6.92 Å². The van der Waals surface area contributed by atoms with Gasteiger partial charge in [0.1, 0.15) is 0 Å². The second-order valence-electron chi connectivity index (χ2n) is 2.24. The number of nitrogens with two attached hydrogens (primary N) is 1. The SMILES string of the molecule is Cc1nnc2nc(NN)cnn12. The number of hydrogen-bond donors (Lipinski definition) is 2. The van der Waals surface area contributed by atoms with E-state index in [-0.39, 0.29) is 0 Å². The first-order chi connectivity index (χ1) is 5.81. The number of hydrazine groups is 1. The van der Waals surface area contributed by atoms with E-state index in [1.165, 1.54) is 10.7 Å². The lowest BCUT2D eigenvalue weighted by Gasteiger charge is -1.96. The summed E-state index contributed by atoms with van der Waals surface area (Å²) >= 11 is 0. The second kappa shape index (κ2) is 2.38. The Hall–Kier alpha value is -1.76. The van der Waals surface area contributed by atoms with Gasteiger partial charge >= 0.3 is 0 Å². The van der Waals surface area contributed by atoms with E-state index in [2.05, 4.69) is 25.7 Å². The van der Waals surface area contributed by atoms with E-state index in [1.54, 1.807) is 6.92 Å². The standard InChI is InChI=1S/C5H7N7/c1-3-10-11-5-8-4(9-6)2-7-12(3)5/h2H,6H2,1H3,(H,8,9,11). The minimum atomic E-state index is 0.433. The summed E-state index contributed by atoms with van der Waals surface area (Å²) in [6, 6.07) is 0. The van der Waals surface area contributed by atoms with Crippen molar-refractivity contribution >= 4 is 11.6 Å². The average Bonchev–Trinajstić information content (AvgIpc) is 2.47. The van der Waals surface area contributed by atoms with Gasteiger partial charge in [-0.1, -0.05) is 0 Å². The zero-order valence-corrected chi connectivity index (χ0v) is 6.39. The maximum atomic E-state index is 5.14. The fourth-order valence-electron chi connectivity index (χ4n) is 0.870. The number of nitrogen functional groups attached to an aromatic ring is 1. The van der Waals surface area contributed by atoms with Gasteiger partial charge in [-0.05, 0) is 6.92 Å². The van der Waals surface area contributed by atoms with E-state index in [0.717, 1.165) is 0 Å². The van der Waals surface area contributed by atoms with E-state index in [1.807, 2.05) is 0 Å². The van der Waals surface area contributed by atoms with Crippen molar-refractivity contribution in [2.24, 2.45) is 5.84 Å². The summed E-state index contributed by atoms with van der Waals surface area (Å²) in [5, 5.41) is 11.6. The predicted molar refractivity (Wildman–Crippen MR) is 41.1 cm³/mol. The van der Waals surface area contributed by atoms with Gasteiger partial charge in [-0.3, -0.25) is 0 Å². The Kier molecular flexibility index (Phi) is 1.37. The van der Waals surface area contributed by atoms with Crippen molar-refractivity contribution in [1.29, 1.82) is 0 Å².